The topological polar surface area (TPSA) is 50.9 Å². The second-order valence-corrected chi connectivity index (χ2v) is 4.38. The molecule has 2 rings (SSSR count). The van der Waals surface area contributed by atoms with Crippen LogP contribution in [0.5, 0.6) is 0 Å². The number of hydrogen-bond donors (Lipinski definition) is 1. The molecule has 0 aliphatic carbocycles. The molecule has 0 aliphatic heterocycles. The molecule has 1 aromatic carbocycles. The maximum Gasteiger partial charge on any atom is 0.112 e. The second kappa shape index (κ2) is 4.85. The van der Waals surface area contributed by atoms with Crippen LogP contribution in [-0.4, -0.2) is 20.1 Å². The predicted octanol–water partition coefficient (Wildman–Crippen LogP) is 2.67. The Kier molecular flexibility index (Phi) is 3.45. The molecule has 5 heteroatoms. The molecule has 17 heavy (non-hydrogen) atoms. The zero-order chi connectivity index (χ0) is 12.4. The molecule has 0 saturated heterocycles. The third-order valence-corrected chi connectivity index (χ3v) is 2.89. The van der Waals surface area contributed by atoms with Gasteiger partial charge < -0.3 is 5.11 Å². The van der Waals surface area contributed by atoms with E-state index in [0.717, 1.165) is 11.3 Å². The molecule has 0 spiro atoms. The van der Waals surface area contributed by atoms with Crippen LogP contribution < -0.4 is 0 Å². The van der Waals surface area contributed by atoms with Gasteiger partial charge in [-0.3, -0.25) is 0 Å². The van der Waals surface area contributed by atoms with E-state index in [9.17, 15) is 5.11 Å². The first-order valence-electron chi connectivity index (χ1n) is 5.48. The van der Waals surface area contributed by atoms with Crippen molar-refractivity contribution in [2.45, 2.75) is 26.4 Å². The molecule has 0 amide bonds. The van der Waals surface area contributed by atoms with Crippen LogP contribution in [0.15, 0.2) is 24.4 Å². The van der Waals surface area contributed by atoms with Crippen molar-refractivity contribution in [3.8, 4) is 5.69 Å². The number of aryl methyl sites for hydroxylation is 1. The van der Waals surface area contributed by atoms with E-state index in [-0.39, 0.29) is 0 Å². The Bertz CT molecular complexity index is 524. The van der Waals surface area contributed by atoms with E-state index in [4.69, 9.17) is 11.6 Å². The van der Waals surface area contributed by atoms with E-state index in [0.29, 0.717) is 17.1 Å². The van der Waals surface area contributed by atoms with Gasteiger partial charge in [-0.15, -0.1) is 5.10 Å². The van der Waals surface area contributed by atoms with Gasteiger partial charge in [0.05, 0.1) is 18.0 Å². The number of aliphatic hydroxyl groups is 1. The van der Waals surface area contributed by atoms with Crippen LogP contribution >= 0.6 is 11.6 Å². The van der Waals surface area contributed by atoms with E-state index in [1.807, 2.05) is 32.0 Å². The zero-order valence-corrected chi connectivity index (χ0v) is 10.5. The fraction of sp³-hybridized carbons (Fsp3) is 0.333. The van der Waals surface area contributed by atoms with Gasteiger partial charge in [-0.2, -0.15) is 0 Å². The van der Waals surface area contributed by atoms with Crippen LogP contribution in [0.4, 0.5) is 0 Å². The van der Waals surface area contributed by atoms with E-state index in [1.54, 1.807) is 10.9 Å². The van der Waals surface area contributed by atoms with Gasteiger partial charge in [-0.1, -0.05) is 29.8 Å². The van der Waals surface area contributed by atoms with E-state index >= 15 is 0 Å². The molecule has 0 bridgehead atoms. The average Bonchev–Trinajstić information content (AvgIpc) is 2.80. The summed E-state index contributed by atoms with van der Waals surface area (Å²) in [6.45, 7) is 3.87. The Labute approximate surface area is 105 Å². The molecule has 1 aromatic heterocycles. The monoisotopic (exact) mass is 251 g/mol. The zero-order valence-electron chi connectivity index (χ0n) is 9.76. The van der Waals surface area contributed by atoms with Crippen molar-refractivity contribution in [2.24, 2.45) is 0 Å². The van der Waals surface area contributed by atoms with Gasteiger partial charge in [0.1, 0.15) is 5.69 Å². The maximum absolute atomic E-state index is 9.67. The number of hydrogen-bond acceptors (Lipinski definition) is 3. The van der Waals surface area contributed by atoms with Crippen molar-refractivity contribution in [3.05, 3.63) is 40.7 Å². The average molecular weight is 252 g/mol. The summed E-state index contributed by atoms with van der Waals surface area (Å²) in [6.07, 6.45) is 1.78. The third-order valence-electron chi connectivity index (χ3n) is 2.66. The van der Waals surface area contributed by atoms with Crippen molar-refractivity contribution in [2.75, 3.05) is 0 Å². The van der Waals surface area contributed by atoms with Crippen LogP contribution in [0.25, 0.3) is 5.69 Å². The Balaban J connectivity index is 2.40. The lowest BCUT2D eigenvalue weighted by Gasteiger charge is -2.05. The Morgan fingerprint density at radius 1 is 1.47 bits per heavy atom. The number of nitrogens with zero attached hydrogens (tertiary/aromatic N) is 3. The number of aliphatic hydroxyl groups excluding tert-OH is 1. The SMILES string of the molecule is CCC(O)c1cn(-c2cc(Cl)ccc2C)nn1. The highest BCUT2D eigenvalue weighted by Crippen LogP contribution is 2.20. The second-order valence-electron chi connectivity index (χ2n) is 3.94. The quantitative estimate of drug-likeness (QED) is 0.913. The van der Waals surface area contributed by atoms with Crippen molar-refractivity contribution in [1.29, 1.82) is 0 Å². The summed E-state index contributed by atoms with van der Waals surface area (Å²) in [4.78, 5) is 0. The van der Waals surface area contributed by atoms with Gasteiger partial charge in [-0.05, 0) is 31.0 Å². The lowest BCUT2D eigenvalue weighted by molar-refractivity contribution is 0.169. The van der Waals surface area contributed by atoms with Crippen LogP contribution in [0.2, 0.25) is 5.02 Å². The highest BCUT2D eigenvalue weighted by Gasteiger charge is 2.11. The molecule has 1 N–H and O–H groups in total. The summed E-state index contributed by atoms with van der Waals surface area (Å²) in [7, 11) is 0. The lowest BCUT2D eigenvalue weighted by Crippen LogP contribution is -1.97. The van der Waals surface area contributed by atoms with Crippen molar-refractivity contribution in [1.82, 2.24) is 15.0 Å². The van der Waals surface area contributed by atoms with Crippen molar-refractivity contribution < 1.29 is 5.11 Å². The molecule has 0 saturated carbocycles. The Morgan fingerprint density at radius 3 is 2.94 bits per heavy atom. The molecule has 1 atom stereocenters. The normalized spacial score (nSPS) is 12.7. The molecule has 0 aliphatic rings. The van der Waals surface area contributed by atoms with Crippen LogP contribution in [0.1, 0.15) is 30.7 Å². The van der Waals surface area contributed by atoms with Gasteiger partial charge in [0.15, 0.2) is 0 Å². The minimum absolute atomic E-state index is 0.566. The lowest BCUT2D eigenvalue weighted by atomic mass is 10.2. The number of aromatic nitrogens is 3. The highest BCUT2D eigenvalue weighted by atomic mass is 35.5. The van der Waals surface area contributed by atoms with Crippen LogP contribution in [-0.2, 0) is 0 Å². The molecule has 1 unspecified atom stereocenters. The standard InChI is InChI=1S/C12H14ClN3O/c1-3-12(17)10-7-16(15-14-10)11-6-9(13)5-4-8(11)2/h4-7,12,17H,3H2,1-2H3. The smallest absolute Gasteiger partial charge is 0.112 e. The van der Waals surface area contributed by atoms with E-state index in [1.165, 1.54) is 0 Å². The minimum Gasteiger partial charge on any atom is -0.387 e. The van der Waals surface area contributed by atoms with Crippen LogP contribution in [0.3, 0.4) is 0 Å². The summed E-state index contributed by atoms with van der Waals surface area (Å²) in [5, 5.41) is 18.3. The first-order chi connectivity index (χ1) is 8.11. The van der Waals surface area contributed by atoms with Gasteiger partial charge >= 0.3 is 0 Å². The van der Waals surface area contributed by atoms with Gasteiger partial charge in [0.2, 0.25) is 0 Å². The van der Waals surface area contributed by atoms with E-state index < -0.39 is 6.10 Å². The minimum atomic E-state index is -0.566. The van der Waals surface area contributed by atoms with Crippen molar-refractivity contribution in [3.63, 3.8) is 0 Å². The fourth-order valence-electron chi connectivity index (χ4n) is 1.59. The summed E-state index contributed by atoms with van der Waals surface area (Å²) >= 11 is 5.95. The molecular weight excluding hydrogens is 238 g/mol. The Hall–Kier alpha value is -1.39. The van der Waals surface area contributed by atoms with Gasteiger partial charge in [-0.25, -0.2) is 4.68 Å². The van der Waals surface area contributed by atoms with Crippen molar-refractivity contribution >= 4 is 11.6 Å². The van der Waals surface area contributed by atoms with Crippen LogP contribution in [0, 0.1) is 6.92 Å². The van der Waals surface area contributed by atoms with Gasteiger partial charge in [0, 0.05) is 5.02 Å². The molecular formula is C12H14ClN3O. The Morgan fingerprint density at radius 2 is 2.24 bits per heavy atom. The number of benzene rings is 1. The molecule has 0 radical (unpaired) electrons. The number of rotatable bonds is 3. The summed E-state index contributed by atoms with van der Waals surface area (Å²) in [5.41, 5.74) is 2.50. The fourth-order valence-corrected chi connectivity index (χ4v) is 1.75. The summed E-state index contributed by atoms with van der Waals surface area (Å²) in [6, 6.07) is 5.59. The van der Waals surface area contributed by atoms with Gasteiger partial charge in [0.25, 0.3) is 0 Å². The van der Waals surface area contributed by atoms with E-state index in [2.05, 4.69) is 10.3 Å². The highest BCUT2D eigenvalue weighted by molar-refractivity contribution is 6.30. The predicted molar refractivity (Wildman–Crippen MR) is 66.4 cm³/mol. The first-order valence-corrected chi connectivity index (χ1v) is 5.86. The molecule has 0 fully saturated rings. The maximum atomic E-state index is 9.67. The molecule has 90 valence electrons. The third kappa shape index (κ3) is 2.48. The first kappa shape index (κ1) is 12.1. The summed E-state index contributed by atoms with van der Waals surface area (Å²) < 4.78 is 1.63. The molecule has 1 heterocycles. The molecule has 2 aromatic rings. The largest absolute Gasteiger partial charge is 0.387 e. The number of halogens is 1. The summed E-state index contributed by atoms with van der Waals surface area (Å²) in [5.74, 6) is 0. The molecule has 4 nitrogen and oxygen atoms in total.